The van der Waals surface area contributed by atoms with E-state index in [4.69, 9.17) is 15.9 Å². The highest BCUT2D eigenvalue weighted by atomic mass is 32.1. The first kappa shape index (κ1) is 21.7. The minimum atomic E-state index is -1.68. The van der Waals surface area contributed by atoms with Gasteiger partial charge < -0.3 is 25.8 Å². The summed E-state index contributed by atoms with van der Waals surface area (Å²) in [5, 5.41) is 24.5. The fraction of sp³-hybridized carbons (Fsp3) is 0.174. The molecule has 1 unspecified atom stereocenters. The number of benzene rings is 2. The fourth-order valence-electron chi connectivity index (χ4n) is 3.44. The van der Waals surface area contributed by atoms with E-state index in [1.54, 1.807) is 35.6 Å². The molecule has 2 atom stereocenters. The van der Waals surface area contributed by atoms with Crippen molar-refractivity contribution in [3.63, 3.8) is 0 Å². The highest BCUT2D eigenvalue weighted by Crippen LogP contribution is 2.27. The summed E-state index contributed by atoms with van der Waals surface area (Å²) in [5.41, 5.74) is 9.16. The number of amides is 2. The van der Waals surface area contributed by atoms with E-state index in [-0.39, 0.29) is 12.4 Å². The Kier molecular flexibility index (Phi) is 6.31. The molecule has 1 saturated heterocycles. The van der Waals surface area contributed by atoms with Crippen LogP contribution in [-0.4, -0.2) is 48.1 Å². The average Bonchev–Trinajstić information content (AvgIpc) is 3.34. The molecular weight excluding hydrogens is 428 g/mol. The van der Waals surface area contributed by atoms with Crippen molar-refractivity contribution in [3.8, 4) is 11.1 Å². The molecule has 2 amide bonds. The predicted octanol–water partition coefficient (Wildman–Crippen LogP) is 2.43. The maximum Gasteiger partial charge on any atom is 0.259 e. The molecule has 164 valence electrons. The van der Waals surface area contributed by atoms with Gasteiger partial charge in [0.05, 0.1) is 6.61 Å². The zero-order chi connectivity index (χ0) is 22.7. The molecule has 4 rings (SSSR count). The molecule has 2 heterocycles. The molecule has 9 heteroatoms. The van der Waals surface area contributed by atoms with Crippen LogP contribution in [0.2, 0.25) is 0 Å². The number of nitrogens with one attached hydrogen (secondary N) is 2. The summed E-state index contributed by atoms with van der Waals surface area (Å²) < 4.78 is 5.45. The summed E-state index contributed by atoms with van der Waals surface area (Å²) in [6, 6.07) is 15.9. The summed E-state index contributed by atoms with van der Waals surface area (Å²) in [6.07, 6.45) is -2.99. The largest absolute Gasteiger partial charge is 0.384 e. The number of hydrogen-bond acceptors (Lipinski definition) is 6. The summed E-state index contributed by atoms with van der Waals surface area (Å²) >= 11 is 1.61. The molecule has 1 fully saturated rings. The van der Waals surface area contributed by atoms with Gasteiger partial charge in [-0.15, -0.1) is 0 Å². The molecule has 0 saturated carbocycles. The van der Waals surface area contributed by atoms with Crippen LogP contribution in [0.1, 0.15) is 5.56 Å². The van der Waals surface area contributed by atoms with Gasteiger partial charge in [0.25, 0.3) is 11.8 Å². The minimum absolute atomic E-state index is 0.0902. The lowest BCUT2D eigenvalue weighted by atomic mass is 10.1. The molecule has 1 aromatic heterocycles. The highest BCUT2D eigenvalue weighted by Gasteiger charge is 2.39. The number of hydrogen-bond donors (Lipinski definition) is 4. The van der Waals surface area contributed by atoms with Gasteiger partial charge in [-0.1, -0.05) is 12.1 Å². The molecule has 1 aliphatic heterocycles. The van der Waals surface area contributed by atoms with Crippen molar-refractivity contribution in [1.82, 2.24) is 0 Å². The lowest BCUT2D eigenvalue weighted by Gasteiger charge is -2.34. The monoisotopic (exact) mass is 450 g/mol. The maximum atomic E-state index is 13.0. The molecule has 5 N–H and O–H groups in total. The molecular formula is C23H22N4O4S. The predicted molar refractivity (Wildman–Crippen MR) is 124 cm³/mol. The molecule has 8 nitrogen and oxygen atoms in total. The van der Waals surface area contributed by atoms with Crippen molar-refractivity contribution in [2.75, 3.05) is 23.4 Å². The van der Waals surface area contributed by atoms with Gasteiger partial charge in [0.15, 0.2) is 12.2 Å². The molecule has 0 aliphatic carbocycles. The second-order valence-electron chi connectivity index (χ2n) is 7.27. The van der Waals surface area contributed by atoms with Crippen LogP contribution >= 0.6 is 11.3 Å². The number of nitrogens with zero attached hydrogens (tertiary/aromatic N) is 1. The van der Waals surface area contributed by atoms with E-state index >= 15 is 0 Å². The van der Waals surface area contributed by atoms with Crippen LogP contribution < -0.4 is 16.0 Å². The number of amidine groups is 1. The standard InChI is InChI=1S/C23H22N4O4S/c24-21(25)15-1-5-17(6-2-15)26-22(29)19(28)20-23(30)27(10-11-31-20)18-7-3-14(4-8-18)16-9-12-32-13-16/h1-9,12-13,19-20,28H,10-11H2,(H3,24,25)(H,26,29)/t19-,20?/m1/s1. The number of anilines is 2. The first-order valence-corrected chi connectivity index (χ1v) is 10.9. The van der Waals surface area contributed by atoms with E-state index in [1.807, 2.05) is 41.1 Å². The minimum Gasteiger partial charge on any atom is -0.384 e. The second-order valence-corrected chi connectivity index (χ2v) is 8.05. The number of aliphatic hydroxyl groups is 1. The smallest absolute Gasteiger partial charge is 0.259 e. The zero-order valence-corrected chi connectivity index (χ0v) is 17.8. The van der Waals surface area contributed by atoms with Crippen LogP contribution in [0.3, 0.4) is 0 Å². The maximum absolute atomic E-state index is 13.0. The van der Waals surface area contributed by atoms with Crippen LogP contribution in [-0.2, 0) is 14.3 Å². The fourth-order valence-corrected chi connectivity index (χ4v) is 4.10. The lowest BCUT2D eigenvalue weighted by molar-refractivity contribution is -0.150. The molecule has 3 aromatic rings. The van der Waals surface area contributed by atoms with Gasteiger partial charge in [-0.25, -0.2) is 0 Å². The molecule has 0 radical (unpaired) electrons. The topological polar surface area (TPSA) is 129 Å². The van der Waals surface area contributed by atoms with E-state index in [9.17, 15) is 14.7 Å². The molecule has 0 spiro atoms. The van der Waals surface area contributed by atoms with Crippen molar-refractivity contribution in [1.29, 1.82) is 5.41 Å². The Morgan fingerprint density at radius 2 is 1.88 bits per heavy atom. The summed E-state index contributed by atoms with van der Waals surface area (Å²) in [7, 11) is 0. The SMILES string of the molecule is N=C(N)c1ccc(NC(=O)[C@H](O)C2OCCN(c3ccc(-c4ccsc4)cc3)C2=O)cc1. The Labute approximate surface area is 188 Å². The Morgan fingerprint density at radius 3 is 2.50 bits per heavy atom. The number of rotatable bonds is 6. The van der Waals surface area contributed by atoms with Crippen molar-refractivity contribution >= 4 is 40.4 Å². The number of thiophene rings is 1. The van der Waals surface area contributed by atoms with Crippen LogP contribution in [0.25, 0.3) is 11.1 Å². The molecule has 0 bridgehead atoms. The molecule has 32 heavy (non-hydrogen) atoms. The van der Waals surface area contributed by atoms with Gasteiger partial charge in [-0.3, -0.25) is 15.0 Å². The van der Waals surface area contributed by atoms with Crippen LogP contribution in [0, 0.1) is 5.41 Å². The van der Waals surface area contributed by atoms with Crippen LogP contribution in [0.15, 0.2) is 65.4 Å². The zero-order valence-electron chi connectivity index (χ0n) is 17.0. The van der Waals surface area contributed by atoms with Crippen molar-refractivity contribution in [2.45, 2.75) is 12.2 Å². The van der Waals surface area contributed by atoms with Gasteiger partial charge in [0.2, 0.25) is 0 Å². The van der Waals surface area contributed by atoms with Crippen LogP contribution in [0.5, 0.6) is 0 Å². The first-order valence-electron chi connectivity index (χ1n) is 9.93. The Balaban J connectivity index is 1.43. The average molecular weight is 451 g/mol. The lowest BCUT2D eigenvalue weighted by Crippen LogP contribution is -2.55. The van der Waals surface area contributed by atoms with Gasteiger partial charge in [-0.05, 0) is 64.4 Å². The van der Waals surface area contributed by atoms with E-state index in [0.717, 1.165) is 11.1 Å². The van der Waals surface area contributed by atoms with Crippen molar-refractivity contribution in [3.05, 3.63) is 70.9 Å². The normalized spacial score (nSPS) is 17.1. The number of nitrogens with two attached hydrogens (primary N) is 1. The van der Waals surface area contributed by atoms with Crippen LogP contribution in [0.4, 0.5) is 11.4 Å². The third-order valence-corrected chi connectivity index (χ3v) is 5.86. The third-order valence-electron chi connectivity index (χ3n) is 5.17. The number of ether oxygens (including phenoxy) is 1. The van der Waals surface area contributed by atoms with E-state index < -0.39 is 24.0 Å². The number of carbonyl (C=O) groups is 2. The van der Waals surface area contributed by atoms with E-state index in [1.165, 1.54) is 4.90 Å². The Bertz CT molecular complexity index is 1110. The number of carbonyl (C=O) groups excluding carboxylic acids is 2. The first-order chi connectivity index (χ1) is 15.4. The van der Waals surface area contributed by atoms with Gasteiger partial charge in [0, 0.05) is 23.5 Å². The Morgan fingerprint density at radius 1 is 1.16 bits per heavy atom. The quantitative estimate of drug-likeness (QED) is 0.339. The van der Waals surface area contributed by atoms with Crippen molar-refractivity contribution in [2.24, 2.45) is 5.73 Å². The summed E-state index contributed by atoms with van der Waals surface area (Å²) in [6.45, 7) is 0.522. The summed E-state index contributed by atoms with van der Waals surface area (Å²) in [5.74, 6) is -1.32. The van der Waals surface area contributed by atoms with Crippen molar-refractivity contribution < 1.29 is 19.4 Å². The molecule has 2 aromatic carbocycles. The van der Waals surface area contributed by atoms with E-state index in [0.29, 0.717) is 23.5 Å². The Hall–Kier alpha value is -3.53. The number of nitrogen functional groups attached to an aromatic ring is 1. The number of aliphatic hydroxyl groups excluding tert-OH is 1. The molecule has 1 aliphatic rings. The highest BCUT2D eigenvalue weighted by molar-refractivity contribution is 7.08. The summed E-state index contributed by atoms with van der Waals surface area (Å²) in [4.78, 5) is 27.0. The second kappa shape index (κ2) is 9.31. The van der Waals surface area contributed by atoms with Gasteiger partial charge in [0.1, 0.15) is 5.84 Å². The van der Waals surface area contributed by atoms with Gasteiger partial charge in [-0.2, -0.15) is 11.3 Å². The third kappa shape index (κ3) is 4.54. The van der Waals surface area contributed by atoms with E-state index in [2.05, 4.69) is 5.32 Å². The number of morpholine rings is 1. The van der Waals surface area contributed by atoms with Gasteiger partial charge >= 0.3 is 0 Å².